The minimum atomic E-state index is -0.782. The number of urea groups is 1. The number of halogens is 1. The minimum absolute atomic E-state index is 0.106. The maximum Gasteiger partial charge on any atom is 0.333 e. The van der Waals surface area contributed by atoms with Crippen LogP contribution in [-0.2, 0) is 9.59 Å². The van der Waals surface area contributed by atoms with Crippen molar-refractivity contribution in [1.82, 2.24) is 15.2 Å². The standard InChI is InChI=1S/C14H13BrN6O3S/c1-19-12-11(13(23)20(2)14(19)24)21(7-16-12)6-10(22)18-17-5-8-3-4-9(15)25-8/h3-5,7,11H,6H2,1-2H3/p+1/b17-5+. The topological polar surface area (TPSA) is 97.4 Å². The molecule has 0 bridgehead atoms. The molecule has 0 radical (unpaired) electrons. The first-order valence-corrected chi connectivity index (χ1v) is 8.78. The second-order valence-corrected chi connectivity index (χ2v) is 7.85. The van der Waals surface area contributed by atoms with E-state index in [1.807, 2.05) is 12.1 Å². The van der Waals surface area contributed by atoms with Crippen molar-refractivity contribution in [3.63, 3.8) is 0 Å². The number of amides is 4. The summed E-state index contributed by atoms with van der Waals surface area (Å²) in [4.78, 5) is 43.6. The van der Waals surface area contributed by atoms with Gasteiger partial charge < -0.3 is 0 Å². The summed E-state index contributed by atoms with van der Waals surface area (Å²) >= 11 is 4.83. The number of nitrogens with zero attached hydrogens (tertiary/aromatic N) is 5. The van der Waals surface area contributed by atoms with Crippen molar-refractivity contribution in [2.45, 2.75) is 6.04 Å². The van der Waals surface area contributed by atoms with Gasteiger partial charge in [-0.25, -0.2) is 14.8 Å². The number of hydrogen-bond acceptors (Lipinski definition) is 6. The van der Waals surface area contributed by atoms with Crippen LogP contribution in [-0.4, -0.2) is 77.3 Å². The first-order chi connectivity index (χ1) is 11.9. The molecule has 0 aliphatic carbocycles. The summed E-state index contributed by atoms with van der Waals surface area (Å²) in [6.45, 7) is -0.106. The zero-order valence-electron chi connectivity index (χ0n) is 13.3. The van der Waals surface area contributed by atoms with Crippen LogP contribution in [0.25, 0.3) is 0 Å². The van der Waals surface area contributed by atoms with E-state index in [0.717, 1.165) is 13.6 Å². The molecular formula is C14H14BrN6O3S+. The summed E-state index contributed by atoms with van der Waals surface area (Å²) in [6.07, 6.45) is 2.93. The maximum absolute atomic E-state index is 12.3. The SMILES string of the molecule is CN1C(=O)C2C(=NC=[N+]2CC(=O)N/N=C/c2ccc(Br)s2)N(C)C1=O. The molecule has 3 rings (SSSR count). The molecule has 11 heteroatoms. The smallest absolute Gasteiger partial charge is 0.269 e. The van der Waals surface area contributed by atoms with Gasteiger partial charge >= 0.3 is 6.03 Å². The summed E-state index contributed by atoms with van der Waals surface area (Å²) in [5.74, 6) is -0.502. The third-order valence-electron chi connectivity index (χ3n) is 3.70. The van der Waals surface area contributed by atoms with Crippen LogP contribution >= 0.6 is 27.3 Å². The lowest BCUT2D eigenvalue weighted by molar-refractivity contribution is -0.519. The van der Waals surface area contributed by atoms with Crippen molar-refractivity contribution in [2.24, 2.45) is 10.1 Å². The molecule has 1 saturated heterocycles. The van der Waals surface area contributed by atoms with Gasteiger partial charge in [-0.1, -0.05) is 0 Å². The van der Waals surface area contributed by atoms with Crippen LogP contribution in [0.4, 0.5) is 4.79 Å². The third kappa shape index (κ3) is 3.37. The van der Waals surface area contributed by atoms with E-state index in [9.17, 15) is 14.4 Å². The molecule has 1 atom stereocenters. The molecule has 0 spiro atoms. The van der Waals surface area contributed by atoms with Crippen LogP contribution in [0.2, 0.25) is 0 Å². The van der Waals surface area contributed by atoms with Crippen LogP contribution in [0.5, 0.6) is 0 Å². The number of carbonyl (C=O) groups is 3. The van der Waals surface area contributed by atoms with Crippen molar-refractivity contribution < 1.29 is 19.0 Å². The number of imide groups is 1. The Labute approximate surface area is 155 Å². The molecule has 3 heterocycles. The summed E-state index contributed by atoms with van der Waals surface area (Å²) in [7, 11) is 2.94. The van der Waals surface area contributed by atoms with Gasteiger partial charge in [0.25, 0.3) is 30.0 Å². The molecule has 2 aliphatic heterocycles. The maximum atomic E-state index is 12.3. The number of rotatable bonds is 4. The minimum Gasteiger partial charge on any atom is -0.269 e. The Morgan fingerprint density at radius 2 is 2.20 bits per heavy atom. The number of nitrogens with one attached hydrogen (secondary N) is 1. The van der Waals surface area contributed by atoms with Gasteiger partial charge in [-0.15, -0.1) is 11.3 Å². The number of fused-ring (bicyclic) bond motifs is 1. The fourth-order valence-electron chi connectivity index (χ4n) is 2.44. The molecule has 130 valence electrons. The lowest BCUT2D eigenvalue weighted by Gasteiger charge is -2.30. The molecule has 4 amide bonds. The molecule has 1 aromatic heterocycles. The van der Waals surface area contributed by atoms with Gasteiger partial charge in [0.1, 0.15) is 0 Å². The van der Waals surface area contributed by atoms with E-state index in [1.54, 1.807) is 0 Å². The molecule has 1 unspecified atom stereocenters. The Kier molecular flexibility index (Phi) is 4.77. The number of likely N-dealkylation sites (N-methyl/N-ethyl adjacent to an activating group) is 2. The van der Waals surface area contributed by atoms with Gasteiger partial charge in [0.2, 0.25) is 0 Å². The van der Waals surface area contributed by atoms with Crippen LogP contribution < -0.4 is 5.43 Å². The molecule has 0 saturated carbocycles. The van der Waals surface area contributed by atoms with Crippen LogP contribution in [0.3, 0.4) is 0 Å². The number of hydrogen-bond donors (Lipinski definition) is 1. The molecule has 1 N–H and O–H groups in total. The molecule has 1 fully saturated rings. The van der Waals surface area contributed by atoms with E-state index in [-0.39, 0.29) is 6.54 Å². The molecular weight excluding hydrogens is 412 g/mol. The van der Waals surface area contributed by atoms with E-state index >= 15 is 0 Å². The number of aliphatic imine (C=N–C) groups is 1. The van der Waals surface area contributed by atoms with E-state index in [2.05, 4.69) is 31.4 Å². The fraction of sp³-hybridized carbons (Fsp3) is 0.286. The number of hydrazone groups is 1. The fourth-order valence-corrected chi connectivity index (χ4v) is 3.74. The Morgan fingerprint density at radius 1 is 1.44 bits per heavy atom. The molecule has 2 aliphatic rings. The molecule has 9 nitrogen and oxygen atoms in total. The van der Waals surface area contributed by atoms with Gasteiger partial charge in [0.05, 0.1) is 10.0 Å². The average Bonchev–Trinajstić information content (AvgIpc) is 3.17. The molecule has 1 aromatic rings. The second-order valence-electron chi connectivity index (χ2n) is 5.35. The zero-order chi connectivity index (χ0) is 18.1. The largest absolute Gasteiger partial charge is 0.333 e. The van der Waals surface area contributed by atoms with Gasteiger partial charge in [-0.05, 0) is 33.1 Å². The average molecular weight is 426 g/mol. The summed E-state index contributed by atoms with van der Waals surface area (Å²) < 4.78 is 2.44. The Hall–Kier alpha value is -2.40. The van der Waals surface area contributed by atoms with Gasteiger partial charge in [0, 0.05) is 19.0 Å². The van der Waals surface area contributed by atoms with E-state index in [1.165, 1.54) is 47.5 Å². The predicted molar refractivity (Wildman–Crippen MR) is 96.1 cm³/mol. The van der Waals surface area contributed by atoms with Crippen molar-refractivity contribution >= 4 is 63.5 Å². The third-order valence-corrected chi connectivity index (χ3v) is 5.26. The normalized spacial score (nSPS) is 20.0. The first kappa shape index (κ1) is 17.4. The molecule has 0 aromatic carbocycles. The number of amidine groups is 1. The van der Waals surface area contributed by atoms with Crippen molar-refractivity contribution in [3.05, 3.63) is 20.8 Å². The van der Waals surface area contributed by atoms with E-state index in [4.69, 9.17) is 0 Å². The zero-order valence-corrected chi connectivity index (χ0v) is 15.7. The summed E-state index contributed by atoms with van der Waals surface area (Å²) in [5.41, 5.74) is 2.41. The predicted octanol–water partition coefficient (Wildman–Crippen LogP) is 0.306. The highest BCUT2D eigenvalue weighted by Gasteiger charge is 2.50. The van der Waals surface area contributed by atoms with Crippen LogP contribution in [0, 0.1) is 0 Å². The highest BCUT2D eigenvalue weighted by Crippen LogP contribution is 2.20. The van der Waals surface area contributed by atoms with E-state index in [0.29, 0.717) is 5.84 Å². The molecule has 25 heavy (non-hydrogen) atoms. The second kappa shape index (κ2) is 6.84. The first-order valence-electron chi connectivity index (χ1n) is 7.17. The van der Waals surface area contributed by atoms with Gasteiger partial charge in [-0.2, -0.15) is 5.10 Å². The van der Waals surface area contributed by atoms with E-state index < -0.39 is 23.9 Å². The Bertz CT molecular complexity index is 845. The van der Waals surface area contributed by atoms with Crippen molar-refractivity contribution in [2.75, 3.05) is 20.6 Å². The van der Waals surface area contributed by atoms with Crippen molar-refractivity contribution in [3.8, 4) is 0 Å². The lowest BCUT2D eigenvalue weighted by Crippen LogP contribution is -2.61. The summed E-state index contributed by atoms with van der Waals surface area (Å²) in [6, 6.07) is 2.51. The Morgan fingerprint density at radius 3 is 2.88 bits per heavy atom. The Balaban J connectivity index is 1.62. The van der Waals surface area contributed by atoms with Gasteiger partial charge in [-0.3, -0.25) is 19.4 Å². The summed E-state index contributed by atoms with van der Waals surface area (Å²) in [5, 5.41) is 3.89. The highest BCUT2D eigenvalue weighted by molar-refractivity contribution is 9.11. The lowest BCUT2D eigenvalue weighted by atomic mass is 10.1. The van der Waals surface area contributed by atoms with Crippen LogP contribution in [0.15, 0.2) is 26.0 Å². The highest BCUT2D eigenvalue weighted by atomic mass is 79.9. The van der Waals surface area contributed by atoms with Crippen LogP contribution in [0.1, 0.15) is 4.88 Å². The monoisotopic (exact) mass is 425 g/mol. The number of carbonyl (C=O) groups excluding carboxylic acids is 3. The quantitative estimate of drug-likeness (QED) is 0.426. The number of thiophene rings is 1. The van der Waals surface area contributed by atoms with Crippen molar-refractivity contribution in [1.29, 1.82) is 0 Å². The van der Waals surface area contributed by atoms with Gasteiger partial charge in [0.15, 0.2) is 6.54 Å².